The maximum Gasteiger partial charge on any atom is 0.0452 e. The van der Waals surface area contributed by atoms with Gasteiger partial charge in [-0.3, -0.25) is 0 Å². The molecule has 2 rings (SSSR count). The van der Waals surface area contributed by atoms with Crippen molar-refractivity contribution in [1.82, 2.24) is 0 Å². The molecule has 2 atom stereocenters. The monoisotopic (exact) mass is 429 g/mol. The fourth-order valence-electron chi connectivity index (χ4n) is 4.96. The Labute approximate surface area is 189 Å². The summed E-state index contributed by atoms with van der Waals surface area (Å²) in [6.07, 6.45) is 11.2. The molecule has 0 bridgehead atoms. The summed E-state index contributed by atoms with van der Waals surface area (Å²) in [5.41, 5.74) is 7.60. The molecular formula is C28H48NP. The van der Waals surface area contributed by atoms with Gasteiger partial charge in [0.25, 0.3) is 0 Å². The van der Waals surface area contributed by atoms with E-state index in [1.54, 1.807) is 0 Å². The van der Waals surface area contributed by atoms with E-state index in [1.807, 2.05) is 0 Å². The van der Waals surface area contributed by atoms with E-state index in [2.05, 4.69) is 91.9 Å². The first-order chi connectivity index (χ1) is 14.0. The zero-order chi connectivity index (χ0) is 22.5. The predicted molar refractivity (Wildman–Crippen MR) is 140 cm³/mol. The summed E-state index contributed by atoms with van der Waals surface area (Å²) < 4.78 is 0. The summed E-state index contributed by atoms with van der Waals surface area (Å²) in [6.45, 7) is 21.3. The number of rotatable bonds is 8. The first kappa shape index (κ1) is 25.5. The molecule has 1 aliphatic rings. The van der Waals surface area contributed by atoms with Gasteiger partial charge in [0.2, 0.25) is 0 Å². The van der Waals surface area contributed by atoms with Gasteiger partial charge in [0.1, 0.15) is 0 Å². The summed E-state index contributed by atoms with van der Waals surface area (Å²) in [5, 5.41) is 3.86. The molecule has 0 saturated heterocycles. The zero-order valence-corrected chi connectivity index (χ0v) is 22.2. The third-order valence-electron chi connectivity index (χ3n) is 6.41. The standard InChI is InChI=1S/C28H48NP/c1-20(2)25-16-13-17-26(21(3)4)27(25)29-22(5)18-23(6)30(19-28(7,8)9)24-14-11-10-12-15-24/h13,16-18,20-21,23-24,29H,10-12,14-15,19H2,1-9H3/b22-18+/t23-,30?/m1/s1. The Hall–Kier alpha value is -0.810. The topological polar surface area (TPSA) is 12.0 Å². The van der Waals surface area contributed by atoms with Crippen LogP contribution in [0.3, 0.4) is 0 Å². The third kappa shape index (κ3) is 7.40. The average Bonchev–Trinajstić information content (AvgIpc) is 2.65. The molecule has 1 fully saturated rings. The molecule has 1 aromatic carbocycles. The van der Waals surface area contributed by atoms with Crippen LogP contribution in [0.1, 0.15) is 117 Å². The van der Waals surface area contributed by atoms with E-state index in [4.69, 9.17) is 0 Å². The van der Waals surface area contributed by atoms with E-state index in [-0.39, 0.29) is 7.92 Å². The lowest BCUT2D eigenvalue weighted by molar-refractivity contribution is 0.465. The minimum atomic E-state index is 0.00816. The molecule has 2 heteroatoms. The van der Waals surface area contributed by atoms with Crippen LogP contribution in [-0.4, -0.2) is 17.5 Å². The van der Waals surface area contributed by atoms with Crippen LogP contribution in [0.2, 0.25) is 0 Å². The molecule has 0 aromatic heterocycles. The first-order valence-corrected chi connectivity index (χ1v) is 14.0. The number of para-hydroxylation sites is 1. The van der Waals surface area contributed by atoms with E-state index in [0.717, 1.165) is 5.66 Å². The first-order valence-electron chi connectivity index (χ1n) is 12.3. The molecule has 0 radical (unpaired) electrons. The highest BCUT2D eigenvalue weighted by molar-refractivity contribution is 7.59. The highest BCUT2D eigenvalue weighted by atomic mass is 31.1. The summed E-state index contributed by atoms with van der Waals surface area (Å²) in [5.74, 6) is 1.05. The molecule has 30 heavy (non-hydrogen) atoms. The van der Waals surface area contributed by atoms with Crippen LogP contribution < -0.4 is 5.32 Å². The molecule has 0 heterocycles. The summed E-state index contributed by atoms with van der Waals surface area (Å²) in [4.78, 5) is 0. The van der Waals surface area contributed by atoms with Crippen LogP contribution in [0.5, 0.6) is 0 Å². The molecule has 1 unspecified atom stereocenters. The fourth-order valence-corrected chi connectivity index (χ4v) is 8.71. The second kappa shape index (κ2) is 11.2. The van der Waals surface area contributed by atoms with Gasteiger partial charge in [-0.25, -0.2) is 0 Å². The Kier molecular flexibility index (Phi) is 9.48. The van der Waals surface area contributed by atoms with Crippen molar-refractivity contribution in [2.24, 2.45) is 5.41 Å². The van der Waals surface area contributed by atoms with Gasteiger partial charge in [-0.05, 0) is 65.6 Å². The van der Waals surface area contributed by atoms with E-state index in [0.29, 0.717) is 22.9 Å². The van der Waals surface area contributed by atoms with Crippen molar-refractivity contribution in [3.05, 3.63) is 41.1 Å². The van der Waals surface area contributed by atoms with Crippen LogP contribution >= 0.6 is 7.92 Å². The Morgan fingerprint density at radius 3 is 2.00 bits per heavy atom. The number of allylic oxidation sites excluding steroid dienone is 2. The molecule has 1 saturated carbocycles. The van der Waals surface area contributed by atoms with Gasteiger partial charge in [0.15, 0.2) is 0 Å². The van der Waals surface area contributed by atoms with E-state index < -0.39 is 0 Å². The van der Waals surface area contributed by atoms with Crippen LogP contribution in [0, 0.1) is 5.41 Å². The highest BCUT2D eigenvalue weighted by Crippen LogP contribution is 2.55. The minimum absolute atomic E-state index is 0.00816. The average molecular weight is 430 g/mol. The molecule has 1 aromatic rings. The van der Waals surface area contributed by atoms with Gasteiger partial charge < -0.3 is 5.32 Å². The van der Waals surface area contributed by atoms with Crippen LogP contribution in [0.15, 0.2) is 30.0 Å². The largest absolute Gasteiger partial charge is 0.359 e. The van der Waals surface area contributed by atoms with Crippen molar-refractivity contribution in [2.75, 3.05) is 11.5 Å². The van der Waals surface area contributed by atoms with Crippen LogP contribution in [0.4, 0.5) is 5.69 Å². The molecule has 1 nitrogen and oxygen atoms in total. The van der Waals surface area contributed by atoms with Crippen LogP contribution in [-0.2, 0) is 0 Å². The van der Waals surface area contributed by atoms with Crippen molar-refractivity contribution < 1.29 is 0 Å². The molecule has 0 amide bonds. The SMILES string of the molecule is C/C(=C\[C@@H](C)P(CC(C)(C)C)C1CCCCC1)Nc1c(C(C)C)cccc1C(C)C. The smallest absolute Gasteiger partial charge is 0.0452 e. The normalized spacial score (nSPS) is 18.7. The molecule has 170 valence electrons. The Bertz CT molecular complexity index is 663. The summed E-state index contributed by atoms with van der Waals surface area (Å²) in [6, 6.07) is 6.82. The Morgan fingerprint density at radius 1 is 1.00 bits per heavy atom. The van der Waals surface area contributed by atoms with Gasteiger partial charge in [-0.2, -0.15) is 0 Å². The van der Waals surface area contributed by atoms with Gasteiger partial charge in [-0.15, -0.1) is 0 Å². The lowest BCUT2D eigenvalue weighted by atomic mass is 9.92. The van der Waals surface area contributed by atoms with Gasteiger partial charge in [0.05, 0.1) is 0 Å². The lowest BCUT2D eigenvalue weighted by Gasteiger charge is -2.38. The maximum atomic E-state index is 3.86. The highest BCUT2D eigenvalue weighted by Gasteiger charge is 2.30. The Morgan fingerprint density at radius 2 is 1.53 bits per heavy atom. The lowest BCUT2D eigenvalue weighted by Crippen LogP contribution is -2.23. The number of hydrogen-bond donors (Lipinski definition) is 1. The van der Waals surface area contributed by atoms with Crippen molar-refractivity contribution in [3.63, 3.8) is 0 Å². The molecular weight excluding hydrogens is 381 g/mol. The third-order valence-corrected chi connectivity index (χ3v) is 10.4. The van der Waals surface area contributed by atoms with Gasteiger partial charge >= 0.3 is 0 Å². The zero-order valence-electron chi connectivity index (χ0n) is 21.3. The Balaban J connectivity index is 2.28. The number of anilines is 1. The molecule has 1 N–H and O–H groups in total. The fraction of sp³-hybridized carbons (Fsp3) is 0.714. The van der Waals surface area contributed by atoms with E-state index in [1.165, 1.54) is 60.8 Å². The van der Waals surface area contributed by atoms with E-state index in [9.17, 15) is 0 Å². The molecule has 1 aliphatic carbocycles. The van der Waals surface area contributed by atoms with Crippen molar-refractivity contribution in [1.29, 1.82) is 0 Å². The van der Waals surface area contributed by atoms with Gasteiger partial charge in [-0.1, -0.05) is 107 Å². The second-order valence-electron chi connectivity index (χ2n) is 11.4. The van der Waals surface area contributed by atoms with Crippen LogP contribution in [0.25, 0.3) is 0 Å². The number of hydrogen-bond acceptors (Lipinski definition) is 1. The van der Waals surface area contributed by atoms with E-state index >= 15 is 0 Å². The summed E-state index contributed by atoms with van der Waals surface area (Å²) in [7, 11) is 0.00816. The van der Waals surface area contributed by atoms with Crippen molar-refractivity contribution >= 4 is 13.6 Å². The number of benzene rings is 1. The predicted octanol–water partition coefficient (Wildman–Crippen LogP) is 9.50. The summed E-state index contributed by atoms with van der Waals surface area (Å²) >= 11 is 0. The van der Waals surface area contributed by atoms with Crippen molar-refractivity contribution in [2.45, 2.75) is 118 Å². The molecule has 0 spiro atoms. The van der Waals surface area contributed by atoms with Crippen molar-refractivity contribution in [3.8, 4) is 0 Å². The second-order valence-corrected chi connectivity index (χ2v) is 14.3. The quantitative estimate of drug-likeness (QED) is 0.406. The number of nitrogens with one attached hydrogen (secondary N) is 1. The minimum Gasteiger partial charge on any atom is -0.359 e. The molecule has 0 aliphatic heterocycles. The maximum absolute atomic E-state index is 3.86. The van der Waals surface area contributed by atoms with Gasteiger partial charge in [0, 0.05) is 11.4 Å².